The van der Waals surface area contributed by atoms with Gasteiger partial charge in [-0.25, -0.2) is 0 Å². The molecule has 0 bridgehead atoms. The maximum absolute atomic E-state index is 4.91. The first-order chi connectivity index (χ1) is 30.2. The molecule has 4 aromatic heterocycles. The monoisotopic (exact) mass is 777 g/mol. The van der Waals surface area contributed by atoms with Crippen molar-refractivity contribution in [3.63, 3.8) is 0 Å². The highest BCUT2D eigenvalue weighted by molar-refractivity contribution is 6.10. The molecular formula is C56H35N5. The van der Waals surface area contributed by atoms with Crippen LogP contribution in [-0.2, 0) is 0 Å². The summed E-state index contributed by atoms with van der Waals surface area (Å²) in [5.41, 5.74) is 11.5. The Balaban J connectivity index is 0.934. The largest absolute Gasteiger partial charge is 0.310 e. The number of benzene rings is 8. The van der Waals surface area contributed by atoms with Crippen molar-refractivity contribution in [2.24, 2.45) is 0 Å². The number of pyridine rings is 4. The fraction of sp³-hybridized carbons (Fsp3) is 0. The van der Waals surface area contributed by atoms with Crippen LogP contribution in [0.2, 0.25) is 0 Å². The Morgan fingerprint density at radius 2 is 0.738 bits per heavy atom. The van der Waals surface area contributed by atoms with Crippen molar-refractivity contribution in [3.05, 3.63) is 213 Å². The lowest BCUT2D eigenvalue weighted by molar-refractivity contribution is 1.28. The van der Waals surface area contributed by atoms with Gasteiger partial charge in [-0.05, 0) is 110 Å². The van der Waals surface area contributed by atoms with E-state index in [0.29, 0.717) is 0 Å². The SMILES string of the molecule is c1ccc(-c2ccc3c(ccc4cc(N(c5ccc(-c6cc7ccc8cccnc8c7cn6)cc5)c5ccc(-c6cc7ccc8cccnc8c7cn6)cc5)ccc43)c2)cc1. The van der Waals surface area contributed by atoms with Gasteiger partial charge in [0, 0.05) is 74.5 Å². The van der Waals surface area contributed by atoms with Crippen molar-refractivity contribution >= 4 is 82.0 Å². The van der Waals surface area contributed by atoms with E-state index in [9.17, 15) is 0 Å². The Bertz CT molecular complexity index is 3480. The van der Waals surface area contributed by atoms with Crippen LogP contribution in [-0.4, -0.2) is 19.9 Å². The van der Waals surface area contributed by atoms with E-state index in [4.69, 9.17) is 9.97 Å². The highest BCUT2D eigenvalue weighted by atomic mass is 15.1. The number of hydrogen-bond acceptors (Lipinski definition) is 5. The molecule has 61 heavy (non-hydrogen) atoms. The van der Waals surface area contributed by atoms with Crippen LogP contribution in [0.3, 0.4) is 0 Å². The Labute approximate surface area is 351 Å². The number of hydrogen-bond donors (Lipinski definition) is 0. The van der Waals surface area contributed by atoms with Crippen molar-refractivity contribution in [1.29, 1.82) is 0 Å². The molecule has 0 aliphatic heterocycles. The standard InChI is InChI=1S/C56H35N5/c1-2-6-36(7-3-1)41-20-26-49-42(30-41)14-15-43-31-48(25-27-50(43)49)61(46-21-16-37(17-22-46)53-32-44-12-10-39-8-4-28-57-55(39)51(44)34-59-53)47-23-18-38(19-24-47)54-33-45-13-11-40-9-5-29-58-56(40)52(45)35-60-54/h1-35H. The molecule has 12 aromatic rings. The van der Waals surface area contributed by atoms with Gasteiger partial charge in [0.15, 0.2) is 0 Å². The van der Waals surface area contributed by atoms with Gasteiger partial charge in [0.1, 0.15) is 0 Å². The van der Waals surface area contributed by atoms with Crippen molar-refractivity contribution in [1.82, 2.24) is 19.9 Å². The summed E-state index contributed by atoms with van der Waals surface area (Å²) in [4.78, 5) is 21.4. The van der Waals surface area contributed by atoms with E-state index < -0.39 is 0 Å². The lowest BCUT2D eigenvalue weighted by Gasteiger charge is -2.26. The summed E-state index contributed by atoms with van der Waals surface area (Å²) in [6.07, 6.45) is 7.58. The quantitative estimate of drug-likeness (QED) is 0.157. The van der Waals surface area contributed by atoms with E-state index in [0.717, 1.165) is 82.9 Å². The summed E-state index contributed by atoms with van der Waals surface area (Å²) in [5, 5.41) is 11.4. The van der Waals surface area contributed by atoms with Gasteiger partial charge >= 0.3 is 0 Å². The molecule has 12 rings (SSSR count). The zero-order valence-corrected chi connectivity index (χ0v) is 32.9. The maximum atomic E-state index is 4.91. The summed E-state index contributed by atoms with van der Waals surface area (Å²) in [5.74, 6) is 0. The summed E-state index contributed by atoms with van der Waals surface area (Å²) in [6, 6.07) is 67.1. The third kappa shape index (κ3) is 6.10. The van der Waals surface area contributed by atoms with Crippen LogP contribution in [0.5, 0.6) is 0 Å². The van der Waals surface area contributed by atoms with Crippen LogP contribution in [0.4, 0.5) is 17.1 Å². The lowest BCUT2D eigenvalue weighted by atomic mass is 9.97. The fourth-order valence-electron chi connectivity index (χ4n) is 8.86. The maximum Gasteiger partial charge on any atom is 0.0795 e. The number of fused-ring (bicyclic) bond motifs is 9. The third-order valence-electron chi connectivity index (χ3n) is 12.0. The Morgan fingerprint density at radius 3 is 1.30 bits per heavy atom. The molecule has 4 heterocycles. The van der Waals surface area contributed by atoms with Gasteiger partial charge in [-0.15, -0.1) is 0 Å². The highest BCUT2D eigenvalue weighted by Crippen LogP contribution is 2.40. The van der Waals surface area contributed by atoms with Gasteiger partial charge in [0.05, 0.1) is 22.4 Å². The topological polar surface area (TPSA) is 54.8 Å². The van der Waals surface area contributed by atoms with Crippen LogP contribution >= 0.6 is 0 Å². The van der Waals surface area contributed by atoms with Gasteiger partial charge in [0.25, 0.3) is 0 Å². The van der Waals surface area contributed by atoms with Crippen LogP contribution in [0.1, 0.15) is 0 Å². The first-order valence-electron chi connectivity index (χ1n) is 20.5. The number of aromatic nitrogens is 4. The molecule has 8 aromatic carbocycles. The van der Waals surface area contributed by atoms with Crippen LogP contribution in [0.15, 0.2) is 213 Å². The number of nitrogens with zero attached hydrogens (tertiary/aromatic N) is 5. The summed E-state index contributed by atoms with van der Waals surface area (Å²) < 4.78 is 0. The van der Waals surface area contributed by atoms with Crippen molar-refractivity contribution < 1.29 is 0 Å². The molecule has 5 nitrogen and oxygen atoms in total. The minimum absolute atomic E-state index is 0.921. The molecule has 0 saturated heterocycles. The van der Waals surface area contributed by atoms with Crippen molar-refractivity contribution in [2.45, 2.75) is 0 Å². The Morgan fingerprint density at radius 1 is 0.279 bits per heavy atom. The zero-order valence-electron chi connectivity index (χ0n) is 32.9. The van der Waals surface area contributed by atoms with E-state index >= 15 is 0 Å². The lowest BCUT2D eigenvalue weighted by Crippen LogP contribution is -2.10. The average molecular weight is 778 g/mol. The zero-order chi connectivity index (χ0) is 40.3. The Hall–Kier alpha value is -8.28. The van der Waals surface area contributed by atoms with E-state index in [1.807, 2.05) is 36.9 Å². The summed E-state index contributed by atoms with van der Waals surface area (Å²) in [6.45, 7) is 0. The van der Waals surface area contributed by atoms with E-state index in [1.165, 1.54) is 32.7 Å². The molecule has 0 atom stereocenters. The van der Waals surface area contributed by atoms with E-state index in [1.54, 1.807) is 0 Å². The molecule has 0 aliphatic rings. The number of anilines is 3. The van der Waals surface area contributed by atoms with Crippen molar-refractivity contribution in [3.8, 4) is 33.6 Å². The second kappa shape index (κ2) is 14.2. The van der Waals surface area contributed by atoms with Gasteiger partial charge in [-0.2, -0.15) is 0 Å². The van der Waals surface area contributed by atoms with Crippen LogP contribution in [0.25, 0.3) is 98.5 Å². The predicted octanol–water partition coefficient (Wildman–Crippen LogP) is 14.7. The Kier molecular flexibility index (Phi) is 8.10. The molecular weight excluding hydrogens is 743 g/mol. The van der Waals surface area contributed by atoms with Gasteiger partial charge in [-0.3, -0.25) is 19.9 Å². The average Bonchev–Trinajstić information content (AvgIpc) is 3.34. The molecule has 284 valence electrons. The number of rotatable bonds is 6. The molecule has 0 saturated carbocycles. The molecule has 0 unspecified atom stereocenters. The predicted molar refractivity (Wildman–Crippen MR) is 254 cm³/mol. The molecule has 0 radical (unpaired) electrons. The molecule has 0 aliphatic carbocycles. The van der Waals surface area contributed by atoms with E-state index in [-0.39, 0.29) is 0 Å². The second-order valence-electron chi connectivity index (χ2n) is 15.6. The summed E-state index contributed by atoms with van der Waals surface area (Å²) >= 11 is 0. The van der Waals surface area contributed by atoms with Gasteiger partial charge < -0.3 is 4.90 Å². The second-order valence-corrected chi connectivity index (χ2v) is 15.6. The minimum Gasteiger partial charge on any atom is -0.310 e. The highest BCUT2D eigenvalue weighted by Gasteiger charge is 2.16. The third-order valence-corrected chi connectivity index (χ3v) is 12.0. The van der Waals surface area contributed by atoms with Crippen LogP contribution in [0, 0.1) is 0 Å². The molecule has 0 fully saturated rings. The van der Waals surface area contributed by atoms with E-state index in [2.05, 4.69) is 191 Å². The first-order valence-corrected chi connectivity index (χ1v) is 20.5. The van der Waals surface area contributed by atoms with Gasteiger partial charge in [0.2, 0.25) is 0 Å². The fourth-order valence-corrected chi connectivity index (χ4v) is 8.86. The normalized spacial score (nSPS) is 11.6. The van der Waals surface area contributed by atoms with Crippen molar-refractivity contribution in [2.75, 3.05) is 4.90 Å². The molecule has 0 amide bonds. The molecule has 0 spiro atoms. The van der Waals surface area contributed by atoms with Gasteiger partial charge in [-0.1, -0.05) is 121 Å². The molecule has 5 heteroatoms. The smallest absolute Gasteiger partial charge is 0.0795 e. The van der Waals surface area contributed by atoms with Crippen LogP contribution < -0.4 is 4.90 Å². The summed E-state index contributed by atoms with van der Waals surface area (Å²) in [7, 11) is 0. The molecule has 0 N–H and O–H groups in total. The minimum atomic E-state index is 0.921. The first kappa shape index (κ1) is 34.7.